The molecule has 34 heavy (non-hydrogen) atoms. The number of aryl methyl sites for hydroxylation is 1. The van der Waals surface area contributed by atoms with Gasteiger partial charge in [-0.05, 0) is 25.1 Å². The normalized spacial score (nSPS) is 10.3. The van der Waals surface area contributed by atoms with Gasteiger partial charge in [-0.15, -0.1) is 0 Å². The number of rotatable bonds is 5. The molecule has 0 fully saturated rings. The number of benzene rings is 1. The molecule has 12 nitrogen and oxygen atoms in total. The Morgan fingerprint density at radius 3 is 1.85 bits per heavy atom. The van der Waals surface area contributed by atoms with Gasteiger partial charge in [0.2, 0.25) is 23.6 Å². The third-order valence-electron chi connectivity index (χ3n) is 4.32. The molecule has 0 unspecified atom stereocenters. The zero-order chi connectivity index (χ0) is 24.1. The van der Waals surface area contributed by atoms with Crippen molar-refractivity contribution in [1.82, 2.24) is 19.9 Å². The molecular formula is C22H14N4O8. The van der Waals surface area contributed by atoms with E-state index in [1.54, 1.807) is 6.26 Å². The average molecular weight is 462 g/mol. The van der Waals surface area contributed by atoms with Crippen molar-refractivity contribution < 1.29 is 36.8 Å². The number of esters is 1. The van der Waals surface area contributed by atoms with Crippen LogP contribution < -0.4 is 0 Å². The zero-order valence-electron chi connectivity index (χ0n) is 17.7. The van der Waals surface area contributed by atoms with Crippen LogP contribution in [-0.2, 0) is 14.3 Å². The van der Waals surface area contributed by atoms with Crippen LogP contribution >= 0.6 is 0 Å². The van der Waals surface area contributed by atoms with Gasteiger partial charge in [-0.25, -0.2) is 24.7 Å². The highest BCUT2D eigenvalue weighted by atomic mass is 16.5. The fourth-order valence-electron chi connectivity index (χ4n) is 2.86. The molecule has 0 N–H and O–H groups in total. The van der Waals surface area contributed by atoms with E-state index >= 15 is 0 Å². The summed E-state index contributed by atoms with van der Waals surface area (Å²) in [5, 5.41) is 0. The third kappa shape index (κ3) is 4.56. The summed E-state index contributed by atoms with van der Waals surface area (Å²) < 4.78 is 26.4. The van der Waals surface area contributed by atoms with Gasteiger partial charge >= 0.3 is 12.1 Å². The lowest BCUT2D eigenvalue weighted by Gasteiger charge is -1.98. The minimum Gasteiger partial charge on any atom is -0.464 e. The summed E-state index contributed by atoms with van der Waals surface area (Å²) in [7, 11) is 1.26. The fraction of sp³-hybridized carbons (Fsp3) is 0.0909. The number of methoxy groups -OCH3 is 1. The number of oxazole rings is 4. The molecule has 4 heterocycles. The van der Waals surface area contributed by atoms with Gasteiger partial charge in [0.1, 0.15) is 25.1 Å². The van der Waals surface area contributed by atoms with E-state index < -0.39 is 5.97 Å². The van der Waals surface area contributed by atoms with Crippen LogP contribution in [0, 0.1) is 6.92 Å². The number of hydrogen-bond acceptors (Lipinski definition) is 12. The van der Waals surface area contributed by atoms with Crippen molar-refractivity contribution in [2.45, 2.75) is 6.92 Å². The molecule has 0 saturated carbocycles. The van der Waals surface area contributed by atoms with Crippen molar-refractivity contribution in [3.05, 3.63) is 60.7 Å². The Balaban J connectivity index is 0.000000868. The minimum absolute atomic E-state index is 0.0463. The predicted octanol–water partition coefficient (Wildman–Crippen LogP) is 3.82. The van der Waals surface area contributed by atoms with E-state index in [2.05, 4.69) is 24.7 Å². The minimum atomic E-state index is -0.600. The highest BCUT2D eigenvalue weighted by Crippen LogP contribution is 2.29. The van der Waals surface area contributed by atoms with E-state index in [-0.39, 0.29) is 17.7 Å². The van der Waals surface area contributed by atoms with Crippen molar-refractivity contribution in [3.63, 3.8) is 0 Å². The molecule has 5 aromatic rings. The lowest BCUT2D eigenvalue weighted by atomic mass is 10.1. The van der Waals surface area contributed by atoms with E-state index in [0.29, 0.717) is 34.6 Å². The van der Waals surface area contributed by atoms with E-state index in [9.17, 15) is 4.79 Å². The molecule has 0 spiro atoms. The topological polar surface area (TPSA) is 165 Å². The van der Waals surface area contributed by atoms with Crippen molar-refractivity contribution in [3.8, 4) is 46.1 Å². The van der Waals surface area contributed by atoms with Gasteiger partial charge in [-0.1, -0.05) is 6.07 Å². The van der Waals surface area contributed by atoms with Crippen LogP contribution in [0.15, 0.2) is 67.0 Å². The lowest BCUT2D eigenvalue weighted by molar-refractivity contribution is -0.191. The summed E-state index contributed by atoms with van der Waals surface area (Å²) in [6, 6.07) is 7.33. The molecule has 0 atom stereocenters. The maximum atomic E-state index is 11.5. The maximum absolute atomic E-state index is 11.5. The average Bonchev–Trinajstić information content (AvgIpc) is 3.65. The summed E-state index contributed by atoms with van der Waals surface area (Å²) in [5.74, 6) is 0.666. The van der Waals surface area contributed by atoms with Crippen LogP contribution in [0.1, 0.15) is 16.2 Å². The van der Waals surface area contributed by atoms with Crippen molar-refractivity contribution in [1.29, 1.82) is 0 Å². The number of ether oxygens (including phenoxy) is 1. The predicted molar refractivity (Wildman–Crippen MR) is 110 cm³/mol. The smallest absolute Gasteiger partial charge is 0.373 e. The summed E-state index contributed by atoms with van der Waals surface area (Å²) in [6.07, 6.45) is 5.87. The second kappa shape index (κ2) is 9.59. The first-order valence-electron chi connectivity index (χ1n) is 9.50. The first-order chi connectivity index (χ1) is 16.5. The van der Waals surface area contributed by atoms with Crippen LogP contribution in [-0.4, -0.2) is 39.2 Å². The Labute approximate surface area is 190 Å². The number of carbonyl (C=O) groups excluding carboxylic acids is 3. The Kier molecular flexibility index (Phi) is 6.24. The van der Waals surface area contributed by atoms with Crippen LogP contribution in [0.3, 0.4) is 0 Å². The molecule has 5 rings (SSSR count). The van der Waals surface area contributed by atoms with Crippen LogP contribution in [0.4, 0.5) is 0 Å². The molecule has 0 saturated heterocycles. The van der Waals surface area contributed by atoms with Crippen molar-refractivity contribution in [2.24, 2.45) is 0 Å². The van der Waals surface area contributed by atoms with E-state index in [4.69, 9.17) is 27.3 Å². The maximum Gasteiger partial charge on any atom is 0.373 e. The molecule has 0 amide bonds. The summed E-state index contributed by atoms with van der Waals surface area (Å²) in [6.45, 7) is 1.83. The number of hydrogen-bond donors (Lipinski definition) is 0. The van der Waals surface area contributed by atoms with Crippen LogP contribution in [0.2, 0.25) is 0 Å². The molecule has 0 aliphatic heterocycles. The first kappa shape index (κ1) is 22.1. The fourth-order valence-corrected chi connectivity index (χ4v) is 2.86. The quantitative estimate of drug-likeness (QED) is 0.347. The number of aromatic nitrogens is 4. The largest absolute Gasteiger partial charge is 0.464 e. The lowest BCUT2D eigenvalue weighted by Crippen LogP contribution is -2.00. The highest BCUT2D eigenvalue weighted by Gasteiger charge is 2.18. The highest BCUT2D eigenvalue weighted by molar-refractivity contribution is 5.87. The SMILES string of the molecule is COC(=O)c1coc(-c2coc(-c3cccc(-c4nc(-c5nc(C)co5)co4)c3)n2)n1.O=C=O. The Morgan fingerprint density at radius 1 is 0.794 bits per heavy atom. The van der Waals surface area contributed by atoms with E-state index in [0.717, 1.165) is 11.3 Å². The second-order valence-corrected chi connectivity index (χ2v) is 6.56. The van der Waals surface area contributed by atoms with Crippen molar-refractivity contribution in [2.75, 3.05) is 7.11 Å². The molecule has 0 aliphatic rings. The van der Waals surface area contributed by atoms with Gasteiger partial charge in [0.25, 0.3) is 0 Å². The van der Waals surface area contributed by atoms with Gasteiger partial charge < -0.3 is 22.4 Å². The number of carbonyl (C=O) groups is 1. The standard InChI is InChI=1S/C21H14N4O6.CO2/c1-11-7-28-19(22-11)14-8-29-17(23-14)12-4-3-5-13(6-12)18-24-15(9-30-18)20-25-16(10-31-20)21(26)27-2;2-1-3/h3-10H,1-2H3;. The Morgan fingerprint density at radius 2 is 1.32 bits per heavy atom. The molecule has 1 aromatic carbocycles. The Bertz CT molecular complexity index is 1470. The van der Waals surface area contributed by atoms with Gasteiger partial charge in [0.05, 0.1) is 12.8 Å². The molecule has 0 aliphatic carbocycles. The second-order valence-electron chi connectivity index (χ2n) is 6.56. The summed E-state index contributed by atoms with van der Waals surface area (Å²) in [4.78, 5) is 44.9. The molecule has 4 aromatic heterocycles. The van der Waals surface area contributed by atoms with E-state index in [1.807, 2.05) is 31.2 Å². The van der Waals surface area contributed by atoms with Gasteiger partial charge in [0, 0.05) is 11.1 Å². The van der Waals surface area contributed by atoms with Crippen LogP contribution in [0.25, 0.3) is 46.1 Å². The first-order valence-corrected chi connectivity index (χ1v) is 9.50. The molecule has 0 radical (unpaired) electrons. The summed E-state index contributed by atoms with van der Waals surface area (Å²) in [5.41, 5.74) is 3.05. The Hall–Kier alpha value is -5.09. The molecular weight excluding hydrogens is 448 g/mol. The zero-order valence-corrected chi connectivity index (χ0v) is 17.7. The van der Waals surface area contributed by atoms with Gasteiger partial charge in [-0.2, -0.15) is 9.59 Å². The monoisotopic (exact) mass is 462 g/mol. The van der Waals surface area contributed by atoms with Gasteiger partial charge in [0.15, 0.2) is 17.1 Å². The van der Waals surface area contributed by atoms with Gasteiger partial charge in [-0.3, -0.25) is 0 Å². The summed E-state index contributed by atoms with van der Waals surface area (Å²) >= 11 is 0. The molecule has 0 bridgehead atoms. The third-order valence-corrected chi connectivity index (χ3v) is 4.32. The molecule has 12 heteroatoms. The van der Waals surface area contributed by atoms with E-state index in [1.165, 1.54) is 25.9 Å². The number of nitrogens with zero attached hydrogens (tertiary/aromatic N) is 4. The van der Waals surface area contributed by atoms with Crippen molar-refractivity contribution >= 4 is 12.1 Å². The van der Waals surface area contributed by atoms with Crippen LogP contribution in [0.5, 0.6) is 0 Å². The molecule has 170 valence electrons.